The number of nitrogens with zero attached hydrogens (tertiary/aromatic N) is 2. The maximum absolute atomic E-state index is 11.7. The largest absolute Gasteiger partial charge is 0.497 e. The number of rotatable bonds is 8. The van der Waals surface area contributed by atoms with E-state index >= 15 is 0 Å². The van der Waals surface area contributed by atoms with Crippen LogP contribution in [0.3, 0.4) is 0 Å². The van der Waals surface area contributed by atoms with E-state index < -0.39 is 5.97 Å². The number of ether oxygens (including phenoxy) is 3. The van der Waals surface area contributed by atoms with E-state index in [0.717, 1.165) is 11.8 Å². The second-order valence-corrected chi connectivity index (χ2v) is 7.29. The molecule has 8 nitrogen and oxygen atoms in total. The Bertz CT molecular complexity index is 1080. The number of nitrogens with one attached hydrogen (secondary N) is 1. The molecule has 0 atom stereocenters. The van der Waals surface area contributed by atoms with E-state index in [4.69, 9.17) is 25.8 Å². The van der Waals surface area contributed by atoms with Gasteiger partial charge in [0.15, 0.2) is 5.82 Å². The number of carboxylic acids is 1. The number of hydrogen-bond donors (Lipinski definition) is 2. The Morgan fingerprint density at radius 3 is 2.37 bits per heavy atom. The van der Waals surface area contributed by atoms with Crippen molar-refractivity contribution in [3.63, 3.8) is 0 Å². The lowest BCUT2D eigenvalue weighted by molar-refractivity contribution is -0.131. The molecule has 0 amide bonds. The van der Waals surface area contributed by atoms with Gasteiger partial charge >= 0.3 is 5.97 Å². The summed E-state index contributed by atoms with van der Waals surface area (Å²) in [4.78, 5) is 16.1. The minimum Gasteiger partial charge on any atom is -0.497 e. The molecule has 0 saturated carbocycles. The molecule has 0 fully saturated rings. The molecule has 0 aliphatic rings. The number of carboxylic acid groups (broad SMARTS) is 1. The topological polar surface area (TPSA) is 107 Å². The highest BCUT2D eigenvalue weighted by Crippen LogP contribution is 2.32. The van der Waals surface area contributed by atoms with E-state index in [-0.39, 0.29) is 10.1 Å². The van der Waals surface area contributed by atoms with Crippen molar-refractivity contribution < 1.29 is 24.1 Å². The molecular weight excluding hydrogens is 430 g/mol. The van der Waals surface area contributed by atoms with Gasteiger partial charge < -0.3 is 19.3 Å². The number of benzene rings is 2. The van der Waals surface area contributed by atoms with E-state index in [1.807, 2.05) is 0 Å². The van der Waals surface area contributed by atoms with Crippen molar-refractivity contribution in [3.05, 3.63) is 51.9 Å². The van der Waals surface area contributed by atoms with Crippen LogP contribution in [0.25, 0.3) is 17.5 Å². The van der Waals surface area contributed by atoms with Crippen LogP contribution in [-0.2, 0) is 4.79 Å². The molecule has 0 aliphatic carbocycles. The van der Waals surface area contributed by atoms with Gasteiger partial charge in [-0.3, -0.25) is 5.10 Å². The van der Waals surface area contributed by atoms with Crippen LogP contribution in [0.2, 0.25) is 5.02 Å². The van der Waals surface area contributed by atoms with Gasteiger partial charge in [0.2, 0.25) is 5.16 Å². The van der Waals surface area contributed by atoms with Crippen LogP contribution >= 0.6 is 23.4 Å². The molecule has 10 heteroatoms. The van der Waals surface area contributed by atoms with Crippen LogP contribution in [0.4, 0.5) is 0 Å². The first-order valence-electron chi connectivity index (χ1n) is 8.55. The summed E-state index contributed by atoms with van der Waals surface area (Å²) in [5.74, 6) is 1.04. The molecule has 0 spiro atoms. The molecule has 2 N–H and O–H groups in total. The zero-order chi connectivity index (χ0) is 21.7. The lowest BCUT2D eigenvalue weighted by Gasteiger charge is -2.06. The second kappa shape index (κ2) is 9.55. The molecule has 0 radical (unpaired) electrons. The summed E-state index contributed by atoms with van der Waals surface area (Å²) in [6.07, 6.45) is 1.49. The first kappa shape index (κ1) is 21.5. The lowest BCUT2D eigenvalue weighted by Crippen LogP contribution is -1.97. The second-order valence-electron chi connectivity index (χ2n) is 5.88. The van der Waals surface area contributed by atoms with Crippen LogP contribution in [-0.4, -0.2) is 47.6 Å². The lowest BCUT2D eigenvalue weighted by atomic mass is 10.2. The molecule has 1 heterocycles. The number of aromatic amines is 1. The van der Waals surface area contributed by atoms with Crippen LogP contribution in [0, 0.1) is 0 Å². The van der Waals surface area contributed by atoms with E-state index in [1.54, 1.807) is 50.6 Å². The quantitative estimate of drug-likeness (QED) is 0.387. The van der Waals surface area contributed by atoms with Gasteiger partial charge in [0.1, 0.15) is 22.2 Å². The monoisotopic (exact) mass is 447 g/mol. The van der Waals surface area contributed by atoms with Gasteiger partial charge in [0, 0.05) is 11.6 Å². The summed E-state index contributed by atoms with van der Waals surface area (Å²) in [5, 5.41) is 17.1. The summed E-state index contributed by atoms with van der Waals surface area (Å²) < 4.78 is 15.6. The molecule has 156 valence electrons. The number of hydrogen-bond acceptors (Lipinski definition) is 7. The number of aromatic nitrogens is 3. The van der Waals surface area contributed by atoms with Gasteiger partial charge in [0.05, 0.1) is 26.4 Å². The van der Waals surface area contributed by atoms with E-state index in [0.29, 0.717) is 39.2 Å². The van der Waals surface area contributed by atoms with Crippen LogP contribution in [0.1, 0.15) is 5.56 Å². The molecule has 3 rings (SSSR count). The van der Waals surface area contributed by atoms with Crippen molar-refractivity contribution in [2.24, 2.45) is 0 Å². The predicted molar refractivity (Wildman–Crippen MR) is 114 cm³/mol. The van der Waals surface area contributed by atoms with E-state index in [1.165, 1.54) is 13.2 Å². The highest BCUT2D eigenvalue weighted by Gasteiger charge is 2.15. The molecule has 2 aromatic carbocycles. The number of aliphatic carboxylic acids is 1. The number of H-pyrrole nitrogens is 1. The molecular formula is C20H18ClN3O5S. The third-order valence-corrected chi connectivity index (χ3v) is 5.15. The van der Waals surface area contributed by atoms with E-state index in [9.17, 15) is 9.90 Å². The Balaban J connectivity index is 1.87. The first-order chi connectivity index (χ1) is 14.4. The number of methoxy groups -OCH3 is 3. The maximum atomic E-state index is 11.7. The molecule has 0 saturated heterocycles. The van der Waals surface area contributed by atoms with Gasteiger partial charge in [-0.25, -0.2) is 9.78 Å². The van der Waals surface area contributed by atoms with Crippen molar-refractivity contribution >= 4 is 35.4 Å². The minimum atomic E-state index is -1.11. The molecule has 1 aromatic heterocycles. The fraction of sp³-hybridized carbons (Fsp3) is 0.150. The summed E-state index contributed by atoms with van der Waals surface area (Å²) >= 11 is 7.03. The third-order valence-electron chi connectivity index (χ3n) is 3.98. The fourth-order valence-corrected chi connectivity index (χ4v) is 3.50. The summed E-state index contributed by atoms with van der Waals surface area (Å²) in [6.45, 7) is 0. The zero-order valence-electron chi connectivity index (χ0n) is 16.3. The third kappa shape index (κ3) is 5.05. The Morgan fingerprint density at radius 1 is 1.10 bits per heavy atom. The molecule has 3 aromatic rings. The van der Waals surface area contributed by atoms with Crippen molar-refractivity contribution in [2.45, 2.75) is 5.16 Å². The number of carbonyl (C=O) groups is 1. The van der Waals surface area contributed by atoms with Crippen molar-refractivity contribution in [1.82, 2.24) is 15.2 Å². The van der Waals surface area contributed by atoms with Crippen LogP contribution in [0.5, 0.6) is 17.2 Å². The summed E-state index contributed by atoms with van der Waals surface area (Å²) in [6, 6.07) is 10.3. The van der Waals surface area contributed by atoms with Gasteiger partial charge in [0.25, 0.3) is 0 Å². The van der Waals surface area contributed by atoms with Gasteiger partial charge in [-0.2, -0.15) is 0 Å². The Labute approximate surface area is 181 Å². The van der Waals surface area contributed by atoms with Crippen LogP contribution in [0.15, 0.2) is 46.5 Å². The maximum Gasteiger partial charge on any atom is 0.342 e. The molecule has 30 heavy (non-hydrogen) atoms. The molecule has 0 aliphatic heterocycles. The Kier molecular flexibility index (Phi) is 6.86. The Morgan fingerprint density at radius 2 is 1.80 bits per heavy atom. The fourth-order valence-electron chi connectivity index (χ4n) is 2.52. The molecule has 0 unspecified atom stereocenters. The normalized spacial score (nSPS) is 11.3. The SMILES string of the molecule is COc1cc(OC)cc(-c2nc(S/C(=C/c3ccc(OC)c(Cl)c3)C(=O)O)n[nH]2)c1. The van der Waals surface area contributed by atoms with Gasteiger partial charge in [-0.15, -0.1) is 5.10 Å². The first-order valence-corrected chi connectivity index (χ1v) is 9.75. The average Bonchev–Trinajstić information content (AvgIpc) is 3.21. The highest BCUT2D eigenvalue weighted by molar-refractivity contribution is 8.04. The van der Waals surface area contributed by atoms with Gasteiger partial charge in [-0.05, 0) is 47.7 Å². The van der Waals surface area contributed by atoms with Gasteiger partial charge in [-0.1, -0.05) is 17.7 Å². The standard InChI is InChI=1S/C20H18ClN3O5S/c1-27-13-8-12(9-14(10-13)28-2)18-22-20(24-23-18)30-17(19(25)26)7-11-4-5-16(29-3)15(21)6-11/h4-10H,1-3H3,(H,25,26)(H,22,23,24)/b17-7+. The van der Waals surface area contributed by atoms with Crippen molar-refractivity contribution in [1.29, 1.82) is 0 Å². The van der Waals surface area contributed by atoms with Crippen molar-refractivity contribution in [3.8, 4) is 28.6 Å². The van der Waals surface area contributed by atoms with Crippen LogP contribution < -0.4 is 14.2 Å². The highest BCUT2D eigenvalue weighted by atomic mass is 35.5. The number of thioether (sulfide) groups is 1. The number of halogens is 1. The summed E-state index contributed by atoms with van der Waals surface area (Å²) in [5.41, 5.74) is 1.30. The smallest absolute Gasteiger partial charge is 0.342 e. The molecule has 0 bridgehead atoms. The summed E-state index contributed by atoms with van der Waals surface area (Å²) in [7, 11) is 4.61. The predicted octanol–water partition coefficient (Wildman–Crippen LogP) is 4.37. The minimum absolute atomic E-state index is 0.0324. The van der Waals surface area contributed by atoms with Crippen molar-refractivity contribution in [2.75, 3.05) is 21.3 Å². The Hall–Kier alpha value is -3.17. The zero-order valence-corrected chi connectivity index (χ0v) is 17.9. The average molecular weight is 448 g/mol. The van der Waals surface area contributed by atoms with E-state index in [2.05, 4.69) is 15.2 Å².